The van der Waals surface area contributed by atoms with Crippen LogP contribution >= 0.6 is 11.3 Å². The van der Waals surface area contributed by atoms with E-state index in [2.05, 4.69) is 20.8 Å². The van der Waals surface area contributed by atoms with Crippen molar-refractivity contribution >= 4 is 29.0 Å². The molecule has 1 aromatic carbocycles. The molecule has 8 nitrogen and oxygen atoms in total. The van der Waals surface area contributed by atoms with Gasteiger partial charge in [0.25, 0.3) is 5.89 Å². The Balaban J connectivity index is 1.55. The number of nitrogens with zero attached hydrogens (tertiary/aromatic N) is 2. The highest BCUT2D eigenvalue weighted by molar-refractivity contribution is 7.08. The van der Waals surface area contributed by atoms with Crippen molar-refractivity contribution in [3.05, 3.63) is 53.0 Å². The van der Waals surface area contributed by atoms with Crippen molar-refractivity contribution in [1.82, 2.24) is 15.5 Å². The number of carbonyl (C=O) groups excluding carboxylic acids is 2. The SMILES string of the molecule is CC(C)[C@@H](NC(=O)Nc1ccccc1)C(=O)OCc1nc(-c2ccsc2)no1. The van der Waals surface area contributed by atoms with Crippen molar-refractivity contribution in [3.63, 3.8) is 0 Å². The van der Waals surface area contributed by atoms with Crippen LogP contribution in [0.3, 0.4) is 0 Å². The van der Waals surface area contributed by atoms with Gasteiger partial charge in [0.05, 0.1) is 0 Å². The van der Waals surface area contributed by atoms with Gasteiger partial charge in [0.15, 0.2) is 6.61 Å². The normalized spacial score (nSPS) is 11.8. The van der Waals surface area contributed by atoms with E-state index in [0.717, 1.165) is 5.56 Å². The minimum atomic E-state index is -0.817. The van der Waals surface area contributed by atoms with Crippen LogP contribution in [0.4, 0.5) is 10.5 Å². The molecule has 9 heteroatoms. The van der Waals surface area contributed by atoms with Crippen LogP contribution in [0.2, 0.25) is 0 Å². The summed E-state index contributed by atoms with van der Waals surface area (Å²) in [5, 5.41) is 13.0. The molecule has 0 fully saturated rings. The molecular weight excluding hydrogens is 380 g/mol. The number of esters is 1. The molecule has 1 atom stereocenters. The summed E-state index contributed by atoms with van der Waals surface area (Å²) < 4.78 is 10.4. The lowest BCUT2D eigenvalue weighted by atomic mass is 10.1. The number of rotatable bonds is 7. The van der Waals surface area contributed by atoms with Gasteiger partial charge in [-0.15, -0.1) is 0 Å². The number of carbonyl (C=O) groups is 2. The molecule has 146 valence electrons. The molecule has 0 spiro atoms. The summed E-state index contributed by atoms with van der Waals surface area (Å²) in [5.41, 5.74) is 1.47. The van der Waals surface area contributed by atoms with Gasteiger partial charge in [-0.25, -0.2) is 9.59 Å². The maximum atomic E-state index is 12.4. The first-order valence-electron chi connectivity index (χ1n) is 8.67. The zero-order chi connectivity index (χ0) is 19.9. The number of ether oxygens (including phenoxy) is 1. The average molecular weight is 400 g/mol. The van der Waals surface area contributed by atoms with E-state index in [1.165, 1.54) is 11.3 Å². The number of nitrogens with one attached hydrogen (secondary N) is 2. The summed E-state index contributed by atoms with van der Waals surface area (Å²) in [6.07, 6.45) is 0. The van der Waals surface area contributed by atoms with Crippen LogP contribution in [-0.4, -0.2) is 28.2 Å². The smallest absolute Gasteiger partial charge is 0.329 e. The summed E-state index contributed by atoms with van der Waals surface area (Å²) in [6.45, 7) is 3.47. The minimum absolute atomic E-state index is 0.166. The first kappa shape index (κ1) is 19.6. The van der Waals surface area contributed by atoms with Gasteiger partial charge in [-0.2, -0.15) is 16.3 Å². The monoisotopic (exact) mass is 400 g/mol. The molecule has 3 rings (SSSR count). The zero-order valence-electron chi connectivity index (χ0n) is 15.4. The van der Waals surface area contributed by atoms with Crippen LogP contribution in [0.15, 0.2) is 51.7 Å². The second-order valence-corrected chi connectivity index (χ2v) is 7.10. The number of benzene rings is 1. The van der Waals surface area contributed by atoms with Crippen LogP contribution in [0.1, 0.15) is 19.7 Å². The van der Waals surface area contributed by atoms with Crippen molar-refractivity contribution < 1.29 is 18.8 Å². The van der Waals surface area contributed by atoms with E-state index < -0.39 is 18.0 Å². The van der Waals surface area contributed by atoms with Crippen LogP contribution in [0.25, 0.3) is 11.4 Å². The number of amides is 2. The number of hydrogen-bond donors (Lipinski definition) is 2. The van der Waals surface area contributed by atoms with Gasteiger partial charge in [-0.3, -0.25) is 0 Å². The third-order valence-corrected chi connectivity index (χ3v) is 4.51. The average Bonchev–Trinajstić information content (AvgIpc) is 3.36. The Morgan fingerprint density at radius 1 is 1.21 bits per heavy atom. The van der Waals surface area contributed by atoms with E-state index in [4.69, 9.17) is 9.26 Å². The standard InChI is InChI=1S/C19H20N4O4S/c1-12(2)16(22-19(25)20-14-6-4-3-5-7-14)18(24)26-10-15-21-17(23-27-15)13-8-9-28-11-13/h3-9,11-12,16H,10H2,1-2H3,(H2,20,22,25)/t16-/m1/s1. The van der Waals surface area contributed by atoms with Gasteiger partial charge in [-0.05, 0) is 29.5 Å². The minimum Gasteiger partial charge on any atom is -0.454 e. The van der Waals surface area contributed by atoms with E-state index in [9.17, 15) is 9.59 Å². The highest BCUT2D eigenvalue weighted by Crippen LogP contribution is 2.19. The summed E-state index contributed by atoms with van der Waals surface area (Å²) >= 11 is 1.52. The molecule has 2 N–H and O–H groups in total. The number of aromatic nitrogens is 2. The molecule has 0 saturated heterocycles. The highest BCUT2D eigenvalue weighted by Gasteiger charge is 2.26. The maximum Gasteiger partial charge on any atom is 0.329 e. The molecule has 3 aromatic rings. The van der Waals surface area contributed by atoms with E-state index in [1.807, 2.05) is 36.7 Å². The molecule has 0 radical (unpaired) electrons. The van der Waals surface area contributed by atoms with Crippen LogP contribution in [-0.2, 0) is 16.1 Å². The Kier molecular flexibility index (Phi) is 6.38. The summed E-state index contributed by atoms with van der Waals surface area (Å²) in [5.74, 6) is -0.120. The fourth-order valence-electron chi connectivity index (χ4n) is 2.37. The second-order valence-electron chi connectivity index (χ2n) is 6.32. The molecule has 0 aliphatic carbocycles. The Hall–Kier alpha value is -3.20. The lowest BCUT2D eigenvalue weighted by Gasteiger charge is -2.20. The Bertz CT molecular complexity index is 909. The Morgan fingerprint density at radius 3 is 2.68 bits per heavy atom. The zero-order valence-corrected chi connectivity index (χ0v) is 16.2. The van der Waals surface area contributed by atoms with Gasteiger partial charge in [0, 0.05) is 16.6 Å². The maximum absolute atomic E-state index is 12.4. The van der Waals surface area contributed by atoms with Crippen molar-refractivity contribution in [1.29, 1.82) is 0 Å². The van der Waals surface area contributed by atoms with Crippen molar-refractivity contribution in [2.24, 2.45) is 5.92 Å². The van der Waals surface area contributed by atoms with Crippen molar-refractivity contribution in [3.8, 4) is 11.4 Å². The van der Waals surface area contributed by atoms with E-state index in [1.54, 1.807) is 24.3 Å². The molecule has 0 bridgehead atoms. The molecule has 0 aliphatic rings. The van der Waals surface area contributed by atoms with Gasteiger partial charge in [0.1, 0.15) is 6.04 Å². The van der Waals surface area contributed by atoms with Crippen LogP contribution in [0, 0.1) is 5.92 Å². The van der Waals surface area contributed by atoms with Crippen LogP contribution in [0.5, 0.6) is 0 Å². The number of anilines is 1. The number of para-hydroxylation sites is 1. The fourth-order valence-corrected chi connectivity index (χ4v) is 3.01. The topological polar surface area (TPSA) is 106 Å². The summed E-state index contributed by atoms with van der Waals surface area (Å²) in [6, 6.07) is 9.53. The van der Waals surface area contributed by atoms with Crippen molar-refractivity contribution in [2.75, 3.05) is 5.32 Å². The number of hydrogen-bond acceptors (Lipinski definition) is 7. The van der Waals surface area contributed by atoms with E-state index in [0.29, 0.717) is 11.5 Å². The van der Waals surface area contributed by atoms with Gasteiger partial charge in [-0.1, -0.05) is 37.2 Å². The van der Waals surface area contributed by atoms with Gasteiger partial charge >= 0.3 is 12.0 Å². The predicted molar refractivity (Wildman–Crippen MR) is 105 cm³/mol. The van der Waals surface area contributed by atoms with Crippen LogP contribution < -0.4 is 10.6 Å². The quantitative estimate of drug-likeness (QED) is 0.586. The largest absolute Gasteiger partial charge is 0.454 e. The predicted octanol–water partition coefficient (Wildman–Crippen LogP) is 3.69. The number of urea groups is 1. The fraction of sp³-hybridized carbons (Fsp3) is 0.263. The molecular formula is C19H20N4O4S. The third-order valence-electron chi connectivity index (χ3n) is 3.82. The van der Waals surface area contributed by atoms with Gasteiger partial charge in [0.2, 0.25) is 5.82 Å². The molecule has 2 heterocycles. The molecule has 0 aliphatic heterocycles. The Morgan fingerprint density at radius 2 is 2.00 bits per heavy atom. The molecule has 28 heavy (non-hydrogen) atoms. The first-order valence-corrected chi connectivity index (χ1v) is 9.61. The van der Waals surface area contributed by atoms with Crippen molar-refractivity contribution in [2.45, 2.75) is 26.5 Å². The molecule has 2 amide bonds. The van der Waals surface area contributed by atoms with E-state index >= 15 is 0 Å². The second kappa shape index (κ2) is 9.14. The number of thiophene rings is 1. The lowest BCUT2D eigenvalue weighted by molar-refractivity contribution is -0.149. The third kappa shape index (κ3) is 5.17. The summed E-state index contributed by atoms with van der Waals surface area (Å²) in [7, 11) is 0. The molecule has 0 saturated carbocycles. The molecule has 0 unspecified atom stereocenters. The lowest BCUT2D eigenvalue weighted by Crippen LogP contribution is -2.47. The van der Waals surface area contributed by atoms with Gasteiger partial charge < -0.3 is 19.9 Å². The van der Waals surface area contributed by atoms with E-state index in [-0.39, 0.29) is 18.4 Å². The first-order chi connectivity index (χ1) is 13.5. The highest BCUT2D eigenvalue weighted by atomic mass is 32.1. The summed E-state index contributed by atoms with van der Waals surface area (Å²) in [4.78, 5) is 28.8. The Labute approximate surface area is 165 Å². The molecule has 2 aromatic heterocycles.